The van der Waals surface area contributed by atoms with Crippen LogP contribution in [0.3, 0.4) is 0 Å². The van der Waals surface area contributed by atoms with Crippen molar-refractivity contribution >= 4 is 27.5 Å². The van der Waals surface area contributed by atoms with Gasteiger partial charge in [-0.1, -0.05) is 49.7 Å². The molecule has 2 nitrogen and oxygen atoms in total. The molecule has 0 saturated heterocycles. The number of halogens is 2. The number of hydrogen-bond donors (Lipinski definition) is 1. The molecule has 0 atom stereocenters. The fraction of sp³-hybridized carbons (Fsp3) is 0.294. The summed E-state index contributed by atoms with van der Waals surface area (Å²) in [6, 6.07) is 14.5. The van der Waals surface area contributed by atoms with Gasteiger partial charge < -0.3 is 10.1 Å². The average molecular weight is 369 g/mol. The first-order chi connectivity index (χ1) is 10.0. The average Bonchev–Trinajstić information content (AvgIpc) is 2.45. The molecule has 2 aromatic rings. The maximum absolute atomic E-state index is 5.91. The summed E-state index contributed by atoms with van der Waals surface area (Å²) in [5.74, 6) is 0.796. The molecule has 0 unspecified atom stereocenters. The fourth-order valence-electron chi connectivity index (χ4n) is 1.83. The van der Waals surface area contributed by atoms with E-state index in [2.05, 4.69) is 59.4 Å². The third kappa shape index (κ3) is 5.34. The van der Waals surface area contributed by atoms with Gasteiger partial charge in [-0.25, -0.2) is 0 Å². The van der Waals surface area contributed by atoms with Crippen molar-refractivity contribution in [2.75, 3.05) is 0 Å². The quantitative estimate of drug-likeness (QED) is 0.758. The molecule has 4 heteroatoms. The molecule has 0 spiro atoms. The zero-order valence-electron chi connectivity index (χ0n) is 12.2. The van der Waals surface area contributed by atoms with E-state index in [-0.39, 0.29) is 0 Å². The Bertz CT molecular complexity index is 584. The Kier molecular flexibility index (Phi) is 6.09. The SMILES string of the molecule is CC(C)NCc1ccc(COc2ccc(Cl)cc2Br)cc1. The van der Waals surface area contributed by atoms with Gasteiger partial charge in [0.1, 0.15) is 12.4 Å². The summed E-state index contributed by atoms with van der Waals surface area (Å²) in [6.45, 7) is 5.72. The second kappa shape index (κ2) is 7.83. The lowest BCUT2D eigenvalue weighted by Crippen LogP contribution is -2.21. The van der Waals surface area contributed by atoms with Gasteiger partial charge in [0.05, 0.1) is 4.47 Å². The van der Waals surface area contributed by atoms with Crippen molar-refractivity contribution in [3.8, 4) is 5.75 Å². The zero-order chi connectivity index (χ0) is 15.2. The van der Waals surface area contributed by atoms with Crippen LogP contribution < -0.4 is 10.1 Å². The molecular weight excluding hydrogens is 350 g/mol. The number of nitrogens with one attached hydrogen (secondary N) is 1. The van der Waals surface area contributed by atoms with E-state index in [4.69, 9.17) is 16.3 Å². The fourth-order valence-corrected chi connectivity index (χ4v) is 2.63. The lowest BCUT2D eigenvalue weighted by Gasteiger charge is -2.10. The van der Waals surface area contributed by atoms with Crippen molar-refractivity contribution in [3.05, 3.63) is 63.1 Å². The maximum Gasteiger partial charge on any atom is 0.134 e. The molecule has 0 amide bonds. The normalized spacial score (nSPS) is 10.9. The van der Waals surface area contributed by atoms with E-state index in [0.717, 1.165) is 22.3 Å². The summed E-state index contributed by atoms with van der Waals surface area (Å²) in [4.78, 5) is 0. The first-order valence-electron chi connectivity index (χ1n) is 6.93. The lowest BCUT2D eigenvalue weighted by molar-refractivity contribution is 0.304. The molecule has 0 fully saturated rings. The molecule has 21 heavy (non-hydrogen) atoms. The van der Waals surface area contributed by atoms with Crippen LogP contribution in [0.1, 0.15) is 25.0 Å². The highest BCUT2D eigenvalue weighted by atomic mass is 79.9. The summed E-state index contributed by atoms with van der Waals surface area (Å²) in [5.41, 5.74) is 2.42. The van der Waals surface area contributed by atoms with Crippen molar-refractivity contribution in [2.45, 2.75) is 33.0 Å². The zero-order valence-corrected chi connectivity index (χ0v) is 14.5. The molecular formula is C17H19BrClNO. The van der Waals surface area contributed by atoms with Crippen LogP contribution in [-0.4, -0.2) is 6.04 Å². The van der Waals surface area contributed by atoms with Crippen molar-refractivity contribution in [1.29, 1.82) is 0 Å². The molecule has 0 aliphatic carbocycles. The van der Waals surface area contributed by atoms with Gasteiger partial charge in [-0.2, -0.15) is 0 Å². The third-order valence-electron chi connectivity index (χ3n) is 3.03. The molecule has 2 aromatic carbocycles. The molecule has 112 valence electrons. The predicted octanol–water partition coefficient (Wildman–Crippen LogP) is 5.18. The Hall–Kier alpha value is -1.03. The van der Waals surface area contributed by atoms with Gasteiger partial charge >= 0.3 is 0 Å². The van der Waals surface area contributed by atoms with E-state index in [1.165, 1.54) is 5.56 Å². The number of benzene rings is 2. The summed E-state index contributed by atoms with van der Waals surface area (Å²) in [7, 11) is 0. The summed E-state index contributed by atoms with van der Waals surface area (Å²) < 4.78 is 6.66. The Morgan fingerprint density at radius 3 is 2.38 bits per heavy atom. The minimum Gasteiger partial charge on any atom is -0.488 e. The smallest absolute Gasteiger partial charge is 0.134 e. The van der Waals surface area contributed by atoms with Gasteiger partial charge in [0.2, 0.25) is 0 Å². The monoisotopic (exact) mass is 367 g/mol. The van der Waals surface area contributed by atoms with E-state index >= 15 is 0 Å². The summed E-state index contributed by atoms with van der Waals surface area (Å²) >= 11 is 9.36. The van der Waals surface area contributed by atoms with Crippen LogP contribution in [0, 0.1) is 0 Å². The Morgan fingerprint density at radius 2 is 1.76 bits per heavy atom. The third-order valence-corrected chi connectivity index (χ3v) is 3.88. The van der Waals surface area contributed by atoms with E-state index in [0.29, 0.717) is 17.7 Å². The number of ether oxygens (including phenoxy) is 1. The molecule has 2 rings (SSSR count). The Morgan fingerprint density at radius 1 is 1.10 bits per heavy atom. The van der Waals surface area contributed by atoms with E-state index in [9.17, 15) is 0 Å². The van der Waals surface area contributed by atoms with Crippen LogP contribution in [0.25, 0.3) is 0 Å². The Labute approximate surface area is 139 Å². The van der Waals surface area contributed by atoms with Crippen molar-refractivity contribution in [2.24, 2.45) is 0 Å². The standard InChI is InChI=1S/C17H19BrClNO/c1-12(2)20-10-13-3-5-14(6-4-13)11-21-17-8-7-15(19)9-16(17)18/h3-9,12,20H,10-11H2,1-2H3. The van der Waals surface area contributed by atoms with Gasteiger partial charge in [0.15, 0.2) is 0 Å². The summed E-state index contributed by atoms with van der Waals surface area (Å²) in [6.07, 6.45) is 0. The van der Waals surface area contributed by atoms with Crippen LogP contribution >= 0.6 is 27.5 Å². The number of rotatable bonds is 6. The molecule has 0 aromatic heterocycles. The first kappa shape index (κ1) is 16.3. The number of hydrogen-bond acceptors (Lipinski definition) is 2. The van der Waals surface area contributed by atoms with Crippen LogP contribution in [0.2, 0.25) is 5.02 Å². The summed E-state index contributed by atoms with van der Waals surface area (Å²) in [5, 5.41) is 4.09. The van der Waals surface area contributed by atoms with Gasteiger partial charge in [0.25, 0.3) is 0 Å². The topological polar surface area (TPSA) is 21.3 Å². The highest BCUT2D eigenvalue weighted by Crippen LogP contribution is 2.28. The molecule has 0 aliphatic heterocycles. The van der Waals surface area contributed by atoms with Crippen molar-refractivity contribution in [3.63, 3.8) is 0 Å². The van der Waals surface area contributed by atoms with Gasteiger partial charge in [-0.05, 0) is 45.3 Å². The van der Waals surface area contributed by atoms with Gasteiger partial charge in [0, 0.05) is 17.6 Å². The van der Waals surface area contributed by atoms with Crippen LogP contribution in [-0.2, 0) is 13.2 Å². The predicted molar refractivity (Wildman–Crippen MR) is 91.9 cm³/mol. The molecule has 0 aliphatic rings. The van der Waals surface area contributed by atoms with Crippen LogP contribution in [0.4, 0.5) is 0 Å². The van der Waals surface area contributed by atoms with E-state index in [1.54, 1.807) is 0 Å². The van der Waals surface area contributed by atoms with E-state index in [1.807, 2.05) is 18.2 Å². The molecule has 0 saturated carbocycles. The molecule has 0 bridgehead atoms. The molecule has 0 heterocycles. The van der Waals surface area contributed by atoms with Crippen LogP contribution in [0.15, 0.2) is 46.9 Å². The second-order valence-electron chi connectivity index (χ2n) is 5.22. The first-order valence-corrected chi connectivity index (χ1v) is 8.11. The van der Waals surface area contributed by atoms with Gasteiger partial charge in [-0.3, -0.25) is 0 Å². The lowest BCUT2D eigenvalue weighted by atomic mass is 10.1. The molecule has 1 N–H and O–H groups in total. The van der Waals surface area contributed by atoms with Crippen molar-refractivity contribution < 1.29 is 4.74 Å². The maximum atomic E-state index is 5.91. The highest BCUT2D eigenvalue weighted by Gasteiger charge is 2.03. The largest absolute Gasteiger partial charge is 0.488 e. The highest BCUT2D eigenvalue weighted by molar-refractivity contribution is 9.10. The second-order valence-corrected chi connectivity index (χ2v) is 6.51. The minimum atomic E-state index is 0.496. The minimum absolute atomic E-state index is 0.496. The molecule has 0 radical (unpaired) electrons. The van der Waals surface area contributed by atoms with Gasteiger partial charge in [-0.15, -0.1) is 0 Å². The Balaban J connectivity index is 1.91. The van der Waals surface area contributed by atoms with Crippen molar-refractivity contribution in [1.82, 2.24) is 5.32 Å². The van der Waals surface area contributed by atoms with E-state index < -0.39 is 0 Å². The van der Waals surface area contributed by atoms with Crippen LogP contribution in [0.5, 0.6) is 5.75 Å².